The fraction of sp³-hybridized carbons (Fsp3) is 0.318. The summed E-state index contributed by atoms with van der Waals surface area (Å²) in [6, 6.07) is 12.3. The first-order valence-electron chi connectivity index (χ1n) is 9.52. The van der Waals surface area contributed by atoms with Crippen molar-refractivity contribution in [2.45, 2.75) is 25.9 Å². The first-order chi connectivity index (χ1) is 13.9. The fourth-order valence-electron chi connectivity index (χ4n) is 3.15. The number of morpholine rings is 1. The van der Waals surface area contributed by atoms with Crippen molar-refractivity contribution >= 4 is 23.3 Å². The Labute approximate surface area is 168 Å². The van der Waals surface area contributed by atoms with Crippen molar-refractivity contribution in [2.24, 2.45) is 0 Å². The number of hydrogen-bond acceptors (Lipinski definition) is 4. The summed E-state index contributed by atoms with van der Waals surface area (Å²) in [5.74, 6) is -1.43. The van der Waals surface area contributed by atoms with Gasteiger partial charge in [-0.1, -0.05) is 12.1 Å². The van der Waals surface area contributed by atoms with Crippen LogP contribution in [0.5, 0.6) is 0 Å². The van der Waals surface area contributed by atoms with Crippen LogP contribution in [0, 0.1) is 5.82 Å². The molecule has 1 N–H and O–H groups in total. The molecule has 2 aromatic carbocycles. The molecule has 29 heavy (non-hydrogen) atoms. The highest BCUT2D eigenvalue weighted by Crippen LogP contribution is 2.15. The summed E-state index contributed by atoms with van der Waals surface area (Å²) in [5, 5.41) is 2.69. The highest BCUT2D eigenvalue weighted by Gasteiger charge is 2.22. The summed E-state index contributed by atoms with van der Waals surface area (Å²) >= 11 is 0. The van der Waals surface area contributed by atoms with Gasteiger partial charge >= 0.3 is 0 Å². The van der Waals surface area contributed by atoms with Crippen molar-refractivity contribution < 1.29 is 23.5 Å². The molecule has 1 aliphatic heterocycles. The standard InChI is InChI=1S/C22H23FN2O4/c1-15-14-25(12-13-29-15)22(28)16-6-8-17(9-7-16)24-21(27)11-10-20(26)18-4-2-3-5-19(18)23/h2-9,15H,10-14H2,1H3,(H,24,27). The SMILES string of the molecule is CC1CN(C(=O)c2ccc(NC(=O)CCC(=O)c3ccccc3F)cc2)CCO1. The lowest BCUT2D eigenvalue weighted by molar-refractivity contribution is -0.116. The number of anilines is 1. The molecule has 0 aliphatic carbocycles. The number of amides is 2. The van der Waals surface area contributed by atoms with E-state index in [1.54, 1.807) is 35.2 Å². The second-order valence-corrected chi connectivity index (χ2v) is 6.96. The summed E-state index contributed by atoms with van der Waals surface area (Å²) in [6.45, 7) is 3.55. The van der Waals surface area contributed by atoms with Crippen molar-refractivity contribution in [1.29, 1.82) is 0 Å². The summed E-state index contributed by atoms with van der Waals surface area (Å²) < 4.78 is 19.1. The maximum Gasteiger partial charge on any atom is 0.254 e. The van der Waals surface area contributed by atoms with E-state index in [9.17, 15) is 18.8 Å². The molecule has 0 saturated carbocycles. The minimum absolute atomic E-state index is 0.0123. The summed E-state index contributed by atoms with van der Waals surface area (Å²) in [6.07, 6.45) is -0.128. The van der Waals surface area contributed by atoms with Crippen molar-refractivity contribution in [2.75, 3.05) is 25.0 Å². The number of ketones is 1. The maximum atomic E-state index is 13.6. The van der Waals surface area contributed by atoms with E-state index >= 15 is 0 Å². The number of nitrogens with one attached hydrogen (secondary N) is 1. The molecule has 1 fully saturated rings. The quantitative estimate of drug-likeness (QED) is 0.758. The normalized spacial score (nSPS) is 16.3. The summed E-state index contributed by atoms with van der Waals surface area (Å²) in [7, 11) is 0. The molecule has 0 bridgehead atoms. The third-order valence-corrected chi connectivity index (χ3v) is 4.70. The molecule has 0 radical (unpaired) electrons. The Hall–Kier alpha value is -3.06. The molecule has 1 heterocycles. The highest BCUT2D eigenvalue weighted by molar-refractivity contribution is 6.00. The van der Waals surface area contributed by atoms with Gasteiger partial charge in [0.05, 0.1) is 18.3 Å². The van der Waals surface area contributed by atoms with E-state index in [4.69, 9.17) is 4.74 Å². The van der Waals surface area contributed by atoms with Crippen LogP contribution in [0.25, 0.3) is 0 Å². The molecule has 2 amide bonds. The lowest BCUT2D eigenvalue weighted by Gasteiger charge is -2.31. The number of carbonyl (C=O) groups excluding carboxylic acids is 3. The maximum absolute atomic E-state index is 13.6. The van der Waals surface area contributed by atoms with Gasteiger partial charge in [0, 0.05) is 37.2 Å². The van der Waals surface area contributed by atoms with Crippen molar-refractivity contribution in [3.8, 4) is 0 Å². The van der Waals surface area contributed by atoms with Gasteiger partial charge in [-0.15, -0.1) is 0 Å². The largest absolute Gasteiger partial charge is 0.375 e. The van der Waals surface area contributed by atoms with Gasteiger partial charge in [0.15, 0.2) is 5.78 Å². The molecule has 1 atom stereocenters. The summed E-state index contributed by atoms with van der Waals surface area (Å²) in [5.41, 5.74) is 1.05. The summed E-state index contributed by atoms with van der Waals surface area (Å²) in [4.78, 5) is 38.4. The molecule has 1 unspecified atom stereocenters. The molecule has 6 nitrogen and oxygen atoms in total. The van der Waals surface area contributed by atoms with E-state index in [0.29, 0.717) is 30.9 Å². The second kappa shape index (κ2) is 9.43. The lowest BCUT2D eigenvalue weighted by atomic mass is 10.1. The molecule has 0 spiro atoms. The zero-order chi connectivity index (χ0) is 20.8. The first-order valence-corrected chi connectivity index (χ1v) is 9.52. The first kappa shape index (κ1) is 20.7. The molecule has 1 saturated heterocycles. The van der Waals surface area contributed by atoms with E-state index in [1.807, 2.05) is 6.92 Å². The molecule has 7 heteroatoms. The molecule has 152 valence electrons. The van der Waals surface area contributed by atoms with Crippen molar-refractivity contribution in [3.05, 3.63) is 65.5 Å². The Morgan fingerprint density at radius 2 is 1.83 bits per heavy atom. The number of nitrogens with zero attached hydrogens (tertiary/aromatic N) is 1. The minimum Gasteiger partial charge on any atom is -0.375 e. The van der Waals surface area contributed by atoms with E-state index in [0.717, 1.165) is 0 Å². The number of hydrogen-bond donors (Lipinski definition) is 1. The Morgan fingerprint density at radius 1 is 1.10 bits per heavy atom. The monoisotopic (exact) mass is 398 g/mol. The molecular weight excluding hydrogens is 375 g/mol. The minimum atomic E-state index is -0.590. The van der Waals surface area contributed by atoms with Gasteiger partial charge in [-0.05, 0) is 43.3 Å². The number of rotatable bonds is 6. The topological polar surface area (TPSA) is 75.7 Å². The second-order valence-electron chi connectivity index (χ2n) is 6.96. The predicted molar refractivity (Wildman–Crippen MR) is 106 cm³/mol. The number of halogens is 1. The van der Waals surface area contributed by atoms with Gasteiger partial charge in [0.25, 0.3) is 5.91 Å². The number of Topliss-reactive ketones (excluding diaryl/α,β-unsaturated/α-hetero) is 1. The van der Waals surface area contributed by atoms with Crippen LogP contribution >= 0.6 is 0 Å². The smallest absolute Gasteiger partial charge is 0.254 e. The predicted octanol–water partition coefficient (Wildman–Crippen LogP) is 3.29. The molecular formula is C22H23FN2O4. The zero-order valence-electron chi connectivity index (χ0n) is 16.2. The number of ether oxygens (including phenoxy) is 1. The molecule has 0 aromatic heterocycles. The van der Waals surface area contributed by atoms with Crippen LogP contribution in [-0.2, 0) is 9.53 Å². The fourth-order valence-corrected chi connectivity index (χ4v) is 3.15. The van der Waals surface area contributed by atoms with Gasteiger partial charge < -0.3 is 15.0 Å². The Kier molecular flexibility index (Phi) is 6.72. The van der Waals surface area contributed by atoms with E-state index < -0.39 is 11.6 Å². The van der Waals surface area contributed by atoms with Gasteiger partial charge in [0.2, 0.25) is 5.91 Å². The lowest BCUT2D eigenvalue weighted by Crippen LogP contribution is -2.44. The van der Waals surface area contributed by atoms with Gasteiger partial charge in [-0.3, -0.25) is 14.4 Å². The third kappa shape index (κ3) is 5.48. The average Bonchev–Trinajstić information content (AvgIpc) is 2.72. The van der Waals surface area contributed by atoms with E-state index in [1.165, 1.54) is 18.2 Å². The molecule has 3 rings (SSSR count). The van der Waals surface area contributed by atoms with E-state index in [-0.39, 0.29) is 36.3 Å². The Bertz CT molecular complexity index is 898. The van der Waals surface area contributed by atoms with Gasteiger partial charge in [-0.2, -0.15) is 0 Å². The van der Waals surface area contributed by atoms with Crippen LogP contribution < -0.4 is 5.32 Å². The Balaban J connectivity index is 1.51. The van der Waals surface area contributed by atoms with E-state index in [2.05, 4.69) is 5.32 Å². The van der Waals surface area contributed by atoms with Crippen LogP contribution in [0.1, 0.15) is 40.5 Å². The van der Waals surface area contributed by atoms with Crippen molar-refractivity contribution in [1.82, 2.24) is 4.90 Å². The molecule has 2 aromatic rings. The Morgan fingerprint density at radius 3 is 2.52 bits per heavy atom. The zero-order valence-corrected chi connectivity index (χ0v) is 16.2. The van der Waals surface area contributed by atoms with Gasteiger partial charge in [0.1, 0.15) is 5.82 Å². The highest BCUT2D eigenvalue weighted by atomic mass is 19.1. The average molecular weight is 398 g/mol. The number of carbonyl (C=O) groups is 3. The van der Waals surface area contributed by atoms with Crippen LogP contribution in [0.15, 0.2) is 48.5 Å². The van der Waals surface area contributed by atoms with Crippen LogP contribution in [0.4, 0.5) is 10.1 Å². The molecule has 1 aliphatic rings. The van der Waals surface area contributed by atoms with Crippen LogP contribution in [0.2, 0.25) is 0 Å². The number of benzene rings is 2. The van der Waals surface area contributed by atoms with Crippen molar-refractivity contribution in [3.63, 3.8) is 0 Å². The van der Waals surface area contributed by atoms with Crippen LogP contribution in [-0.4, -0.2) is 48.3 Å². The van der Waals surface area contributed by atoms with Gasteiger partial charge in [-0.25, -0.2) is 4.39 Å². The van der Waals surface area contributed by atoms with Crippen LogP contribution in [0.3, 0.4) is 0 Å². The third-order valence-electron chi connectivity index (χ3n) is 4.70.